The van der Waals surface area contributed by atoms with Gasteiger partial charge in [0.15, 0.2) is 5.96 Å². The Balaban J connectivity index is 0.00000288. The van der Waals surface area contributed by atoms with Gasteiger partial charge >= 0.3 is 0 Å². The maximum atomic E-state index is 5.66. The van der Waals surface area contributed by atoms with Crippen LogP contribution >= 0.6 is 35.3 Å². The second kappa shape index (κ2) is 11.0. The van der Waals surface area contributed by atoms with Crippen LogP contribution in [0, 0.1) is 6.92 Å². The summed E-state index contributed by atoms with van der Waals surface area (Å²) in [6, 6.07) is 7.94. The zero-order chi connectivity index (χ0) is 16.5. The summed E-state index contributed by atoms with van der Waals surface area (Å²) in [5.74, 6) is 1.60. The van der Waals surface area contributed by atoms with Gasteiger partial charge in [-0.3, -0.25) is 4.99 Å². The van der Waals surface area contributed by atoms with Gasteiger partial charge in [0.25, 0.3) is 0 Å². The number of halogens is 1. The highest BCUT2D eigenvalue weighted by atomic mass is 127. The van der Waals surface area contributed by atoms with Gasteiger partial charge in [-0.25, -0.2) is 4.98 Å². The van der Waals surface area contributed by atoms with Crippen LogP contribution in [0.4, 0.5) is 0 Å². The number of aromatic nitrogens is 1. The van der Waals surface area contributed by atoms with E-state index in [2.05, 4.69) is 27.2 Å². The standard InChI is InChI=1S/C17H22N4OS.HI/c1-4-9-22-16-8-6-5-7-14(16)10-20-17(18-3)21-12-15-11-19-13(2)23-15;/h4-8,11H,1,9-10,12H2,2-3H3,(H2,18,20,21);1H. The summed E-state index contributed by atoms with van der Waals surface area (Å²) >= 11 is 1.68. The zero-order valence-corrected chi connectivity index (χ0v) is 17.1. The zero-order valence-electron chi connectivity index (χ0n) is 13.9. The molecule has 0 aliphatic rings. The number of para-hydroxylation sites is 1. The number of thiazole rings is 1. The molecule has 1 aromatic heterocycles. The largest absolute Gasteiger partial charge is 0.489 e. The first-order valence-corrected chi connectivity index (χ1v) is 8.22. The highest BCUT2D eigenvalue weighted by Gasteiger charge is 2.05. The molecule has 1 heterocycles. The quantitative estimate of drug-likeness (QED) is 0.289. The van der Waals surface area contributed by atoms with Crippen molar-refractivity contribution in [1.82, 2.24) is 15.6 Å². The van der Waals surface area contributed by atoms with Gasteiger partial charge in [-0.2, -0.15) is 0 Å². The molecule has 1 aromatic carbocycles. The average molecular weight is 458 g/mol. The maximum Gasteiger partial charge on any atom is 0.191 e. The molecule has 0 aliphatic heterocycles. The van der Waals surface area contributed by atoms with Gasteiger partial charge in [-0.15, -0.1) is 35.3 Å². The van der Waals surface area contributed by atoms with E-state index in [1.54, 1.807) is 24.5 Å². The van der Waals surface area contributed by atoms with Crippen LogP contribution in [0.1, 0.15) is 15.4 Å². The van der Waals surface area contributed by atoms with E-state index >= 15 is 0 Å². The van der Waals surface area contributed by atoms with E-state index in [0.717, 1.165) is 22.3 Å². The van der Waals surface area contributed by atoms with Crippen LogP contribution in [0.2, 0.25) is 0 Å². The Morgan fingerprint density at radius 1 is 1.33 bits per heavy atom. The molecule has 0 amide bonds. The minimum atomic E-state index is 0. The number of ether oxygens (including phenoxy) is 1. The van der Waals surface area contributed by atoms with Crippen molar-refractivity contribution < 1.29 is 4.74 Å². The molecule has 0 saturated heterocycles. The second-order valence-corrected chi connectivity index (χ2v) is 6.15. The number of hydrogen-bond acceptors (Lipinski definition) is 4. The lowest BCUT2D eigenvalue weighted by atomic mass is 10.2. The molecule has 0 unspecified atom stereocenters. The van der Waals surface area contributed by atoms with Crippen molar-refractivity contribution >= 4 is 41.3 Å². The summed E-state index contributed by atoms with van der Waals surface area (Å²) in [5.41, 5.74) is 1.07. The van der Waals surface area contributed by atoms with Crippen LogP contribution in [-0.4, -0.2) is 24.6 Å². The molecule has 2 rings (SSSR count). The Kier molecular flexibility index (Phi) is 9.39. The highest BCUT2D eigenvalue weighted by molar-refractivity contribution is 14.0. The Labute approximate surface area is 164 Å². The van der Waals surface area contributed by atoms with Gasteiger partial charge in [-0.1, -0.05) is 30.9 Å². The molecule has 130 valence electrons. The molecular weight excluding hydrogens is 435 g/mol. The second-order valence-electron chi connectivity index (χ2n) is 4.83. The summed E-state index contributed by atoms with van der Waals surface area (Å²) in [6.45, 7) is 7.51. The number of benzene rings is 1. The molecule has 24 heavy (non-hydrogen) atoms. The average Bonchev–Trinajstić information content (AvgIpc) is 2.99. The van der Waals surface area contributed by atoms with Crippen molar-refractivity contribution in [3.8, 4) is 5.75 Å². The maximum absolute atomic E-state index is 5.66. The Hall–Kier alpha value is -1.61. The summed E-state index contributed by atoms with van der Waals surface area (Å²) in [7, 11) is 1.76. The SMILES string of the molecule is C=CCOc1ccccc1CNC(=NC)NCc1cnc(C)s1.I. The predicted octanol–water partition coefficient (Wildman–Crippen LogP) is 3.50. The lowest BCUT2D eigenvalue weighted by Gasteiger charge is -2.14. The summed E-state index contributed by atoms with van der Waals surface area (Å²) < 4.78 is 5.66. The topological polar surface area (TPSA) is 58.5 Å². The van der Waals surface area contributed by atoms with Crippen LogP contribution in [0.5, 0.6) is 5.75 Å². The fourth-order valence-electron chi connectivity index (χ4n) is 2.00. The number of rotatable bonds is 7. The fraction of sp³-hybridized carbons (Fsp3) is 0.294. The van der Waals surface area contributed by atoms with Crippen LogP contribution in [0.3, 0.4) is 0 Å². The van der Waals surface area contributed by atoms with Crippen LogP contribution < -0.4 is 15.4 Å². The number of nitrogens with one attached hydrogen (secondary N) is 2. The molecule has 0 aliphatic carbocycles. The third kappa shape index (κ3) is 6.48. The lowest BCUT2D eigenvalue weighted by molar-refractivity contribution is 0.358. The molecule has 5 nitrogen and oxygen atoms in total. The van der Waals surface area contributed by atoms with E-state index in [4.69, 9.17) is 4.74 Å². The van der Waals surface area contributed by atoms with E-state index in [1.807, 2.05) is 37.4 Å². The number of nitrogens with zero attached hydrogens (tertiary/aromatic N) is 2. The van der Waals surface area contributed by atoms with Gasteiger partial charge in [-0.05, 0) is 13.0 Å². The highest BCUT2D eigenvalue weighted by Crippen LogP contribution is 2.17. The molecule has 7 heteroatoms. The summed E-state index contributed by atoms with van der Waals surface area (Å²) in [4.78, 5) is 9.67. The molecule has 2 aromatic rings. The first-order valence-electron chi connectivity index (χ1n) is 7.40. The molecular formula is C17H23IN4OS. The third-order valence-electron chi connectivity index (χ3n) is 3.10. The Morgan fingerprint density at radius 2 is 2.08 bits per heavy atom. The van der Waals surface area contributed by atoms with Crippen LogP contribution in [0.25, 0.3) is 0 Å². The van der Waals surface area contributed by atoms with Gasteiger partial charge in [0.2, 0.25) is 0 Å². The van der Waals surface area contributed by atoms with Gasteiger partial charge < -0.3 is 15.4 Å². The van der Waals surface area contributed by atoms with Crippen molar-refractivity contribution in [2.45, 2.75) is 20.0 Å². The van der Waals surface area contributed by atoms with Gasteiger partial charge in [0.1, 0.15) is 12.4 Å². The number of aryl methyl sites for hydroxylation is 1. The Morgan fingerprint density at radius 3 is 2.75 bits per heavy atom. The van der Waals surface area contributed by atoms with Crippen molar-refractivity contribution in [3.05, 3.63) is 58.6 Å². The monoisotopic (exact) mass is 458 g/mol. The third-order valence-corrected chi connectivity index (χ3v) is 4.01. The molecule has 2 N–H and O–H groups in total. The molecule has 0 radical (unpaired) electrons. The minimum Gasteiger partial charge on any atom is -0.489 e. The van der Waals surface area contributed by atoms with E-state index in [0.29, 0.717) is 19.7 Å². The van der Waals surface area contributed by atoms with E-state index < -0.39 is 0 Å². The smallest absolute Gasteiger partial charge is 0.191 e. The van der Waals surface area contributed by atoms with Crippen LogP contribution in [0.15, 0.2) is 48.1 Å². The van der Waals surface area contributed by atoms with E-state index in [9.17, 15) is 0 Å². The van der Waals surface area contributed by atoms with Gasteiger partial charge in [0.05, 0.1) is 11.6 Å². The lowest BCUT2D eigenvalue weighted by Crippen LogP contribution is -2.36. The van der Waals surface area contributed by atoms with Crippen LogP contribution in [-0.2, 0) is 13.1 Å². The van der Waals surface area contributed by atoms with Crippen molar-refractivity contribution in [2.24, 2.45) is 4.99 Å². The molecule has 0 fully saturated rings. The summed E-state index contributed by atoms with van der Waals surface area (Å²) in [6.07, 6.45) is 3.63. The number of guanidine groups is 1. The van der Waals surface area contributed by atoms with Gasteiger partial charge in [0, 0.05) is 30.2 Å². The molecule has 0 bridgehead atoms. The van der Waals surface area contributed by atoms with E-state index in [1.165, 1.54) is 4.88 Å². The Bertz CT molecular complexity index is 672. The van der Waals surface area contributed by atoms with Crippen molar-refractivity contribution in [3.63, 3.8) is 0 Å². The number of hydrogen-bond donors (Lipinski definition) is 2. The molecule has 0 spiro atoms. The summed E-state index contributed by atoms with van der Waals surface area (Å²) in [5, 5.41) is 7.65. The first kappa shape index (κ1) is 20.4. The normalized spacial score (nSPS) is 10.7. The fourth-order valence-corrected chi connectivity index (χ4v) is 2.73. The van der Waals surface area contributed by atoms with Crippen molar-refractivity contribution in [2.75, 3.05) is 13.7 Å². The predicted molar refractivity (Wildman–Crippen MR) is 111 cm³/mol. The number of aliphatic imine (C=N–C) groups is 1. The van der Waals surface area contributed by atoms with E-state index in [-0.39, 0.29) is 24.0 Å². The molecule has 0 saturated carbocycles. The van der Waals surface area contributed by atoms with Crippen molar-refractivity contribution in [1.29, 1.82) is 0 Å². The first-order chi connectivity index (χ1) is 11.2. The molecule has 0 atom stereocenters. The minimum absolute atomic E-state index is 0.